The monoisotopic (exact) mass is 385 g/mol. The number of amides is 1. The molecule has 8 nitrogen and oxygen atoms in total. The van der Waals surface area contributed by atoms with Crippen LogP contribution in [0.2, 0.25) is 0 Å². The van der Waals surface area contributed by atoms with Crippen molar-refractivity contribution in [1.82, 2.24) is 25.5 Å². The maximum Gasteiger partial charge on any atom is 0.254 e. The van der Waals surface area contributed by atoms with Crippen molar-refractivity contribution in [3.8, 4) is 16.5 Å². The lowest BCUT2D eigenvalue weighted by molar-refractivity contribution is 0.0950. The molecule has 0 atom stereocenters. The van der Waals surface area contributed by atoms with Gasteiger partial charge in [0.2, 0.25) is 0 Å². The molecule has 3 aromatic rings. The van der Waals surface area contributed by atoms with Crippen LogP contribution in [0.25, 0.3) is 5.00 Å². The molecule has 1 aromatic carbocycles. The molecule has 9 heteroatoms. The van der Waals surface area contributed by atoms with Crippen molar-refractivity contribution in [3.05, 3.63) is 46.1 Å². The van der Waals surface area contributed by atoms with Crippen LogP contribution in [0.1, 0.15) is 32.8 Å². The third kappa shape index (κ3) is 3.25. The van der Waals surface area contributed by atoms with Crippen molar-refractivity contribution in [1.29, 1.82) is 0 Å². The largest absolute Gasteiger partial charge is 0.493 e. The Morgan fingerprint density at radius 1 is 1.26 bits per heavy atom. The second kappa shape index (κ2) is 7.36. The van der Waals surface area contributed by atoms with Crippen molar-refractivity contribution < 1.29 is 14.3 Å². The third-order valence-corrected chi connectivity index (χ3v) is 5.87. The first kappa shape index (κ1) is 17.5. The summed E-state index contributed by atoms with van der Waals surface area (Å²) in [6, 6.07) is 5.59. The number of aryl methyl sites for hydroxylation is 1. The smallest absolute Gasteiger partial charge is 0.254 e. The fourth-order valence-electron chi connectivity index (χ4n) is 3.30. The van der Waals surface area contributed by atoms with Crippen LogP contribution in [-0.4, -0.2) is 40.3 Å². The van der Waals surface area contributed by atoms with Gasteiger partial charge in [0, 0.05) is 11.4 Å². The van der Waals surface area contributed by atoms with E-state index in [1.165, 1.54) is 11.2 Å². The molecule has 27 heavy (non-hydrogen) atoms. The second-order valence-electron chi connectivity index (χ2n) is 6.16. The summed E-state index contributed by atoms with van der Waals surface area (Å²) in [5, 5.41) is 15.1. The summed E-state index contributed by atoms with van der Waals surface area (Å²) in [6.07, 6.45) is 4.50. The highest BCUT2D eigenvalue weighted by atomic mass is 32.1. The normalized spacial score (nSPS) is 12.7. The molecule has 2 heterocycles. The quantitative estimate of drug-likeness (QED) is 0.699. The minimum atomic E-state index is -0.116. The highest BCUT2D eigenvalue weighted by Crippen LogP contribution is 2.37. The van der Waals surface area contributed by atoms with Crippen molar-refractivity contribution in [2.75, 3.05) is 14.2 Å². The van der Waals surface area contributed by atoms with Crippen LogP contribution >= 0.6 is 11.3 Å². The van der Waals surface area contributed by atoms with Gasteiger partial charge in [-0.2, -0.15) is 4.68 Å². The summed E-state index contributed by atoms with van der Waals surface area (Å²) in [5.41, 5.74) is 2.73. The number of nitrogens with zero attached hydrogens (tertiary/aromatic N) is 4. The Hall–Kier alpha value is -2.94. The minimum Gasteiger partial charge on any atom is -0.493 e. The molecule has 1 aliphatic rings. The molecule has 1 aliphatic carbocycles. The fraction of sp³-hybridized carbons (Fsp3) is 0.333. The molecule has 2 aromatic heterocycles. The van der Waals surface area contributed by atoms with Gasteiger partial charge >= 0.3 is 0 Å². The van der Waals surface area contributed by atoms with Gasteiger partial charge in [-0.3, -0.25) is 4.79 Å². The van der Waals surface area contributed by atoms with Gasteiger partial charge < -0.3 is 14.8 Å². The van der Waals surface area contributed by atoms with Crippen molar-refractivity contribution in [2.24, 2.45) is 0 Å². The molecule has 1 N–H and O–H groups in total. The Balaban J connectivity index is 1.57. The summed E-state index contributed by atoms with van der Waals surface area (Å²) >= 11 is 1.59. The van der Waals surface area contributed by atoms with Gasteiger partial charge in [-0.1, -0.05) is 6.07 Å². The van der Waals surface area contributed by atoms with E-state index in [0.29, 0.717) is 23.6 Å². The Kier molecular flexibility index (Phi) is 4.76. The Morgan fingerprint density at radius 3 is 2.85 bits per heavy atom. The molecule has 0 aliphatic heterocycles. The number of fused-ring (bicyclic) bond motifs is 1. The molecular weight excluding hydrogens is 366 g/mol. The molecule has 0 radical (unpaired) electrons. The molecule has 1 amide bonds. The SMILES string of the molecule is COc1ccc(CNC(=O)c2c(-n3cnnn3)sc3c2CCC3)cc1OC. The number of nitrogens with one attached hydrogen (secondary N) is 1. The van der Waals surface area contributed by atoms with Gasteiger partial charge in [-0.15, -0.1) is 16.4 Å². The highest BCUT2D eigenvalue weighted by molar-refractivity contribution is 7.15. The Morgan fingerprint density at radius 2 is 2.11 bits per heavy atom. The number of carbonyl (C=O) groups excluding carboxylic acids is 1. The topological polar surface area (TPSA) is 91.2 Å². The molecule has 0 saturated carbocycles. The second-order valence-corrected chi connectivity index (χ2v) is 7.25. The predicted molar refractivity (Wildman–Crippen MR) is 99.8 cm³/mol. The first-order valence-electron chi connectivity index (χ1n) is 8.58. The lowest BCUT2D eigenvalue weighted by Gasteiger charge is -2.11. The summed E-state index contributed by atoms with van der Waals surface area (Å²) in [5.74, 6) is 1.17. The van der Waals surface area contributed by atoms with E-state index in [0.717, 1.165) is 35.4 Å². The number of hydrogen-bond donors (Lipinski definition) is 1. The van der Waals surface area contributed by atoms with Gasteiger partial charge in [0.25, 0.3) is 5.91 Å². The first-order valence-corrected chi connectivity index (χ1v) is 9.40. The maximum absolute atomic E-state index is 13.0. The average Bonchev–Trinajstić information content (AvgIpc) is 3.41. The standard InChI is InChI=1S/C18H19N5O3S/c1-25-13-7-6-11(8-14(13)26-2)9-19-17(24)16-12-4-3-5-15(12)27-18(16)23-10-20-21-22-23/h6-8,10H,3-5,9H2,1-2H3,(H,19,24). The Labute approximate surface area is 160 Å². The van der Waals surface area contributed by atoms with E-state index in [2.05, 4.69) is 20.8 Å². The van der Waals surface area contributed by atoms with Gasteiger partial charge in [0.05, 0.1) is 19.8 Å². The molecule has 4 rings (SSSR count). The fourth-order valence-corrected chi connectivity index (χ4v) is 4.60. The average molecular weight is 385 g/mol. The number of benzene rings is 1. The lowest BCUT2D eigenvalue weighted by Crippen LogP contribution is -2.24. The number of aromatic nitrogens is 4. The Bertz CT molecular complexity index is 968. The zero-order chi connectivity index (χ0) is 18.8. The van der Waals surface area contributed by atoms with E-state index >= 15 is 0 Å². The number of carbonyl (C=O) groups is 1. The van der Waals surface area contributed by atoms with Gasteiger partial charge in [0.15, 0.2) is 11.5 Å². The molecule has 0 bridgehead atoms. The molecule has 0 unspecified atom stereocenters. The van der Waals surface area contributed by atoms with Crippen LogP contribution in [0.15, 0.2) is 24.5 Å². The van der Waals surface area contributed by atoms with E-state index in [9.17, 15) is 4.79 Å². The summed E-state index contributed by atoms with van der Waals surface area (Å²) in [6.45, 7) is 0.388. The summed E-state index contributed by atoms with van der Waals surface area (Å²) in [7, 11) is 3.18. The van der Waals surface area contributed by atoms with Crippen LogP contribution in [0, 0.1) is 0 Å². The van der Waals surface area contributed by atoms with Gasteiger partial charge in [0.1, 0.15) is 11.3 Å². The number of ether oxygens (including phenoxy) is 2. The number of rotatable bonds is 6. The van der Waals surface area contributed by atoms with E-state index < -0.39 is 0 Å². The van der Waals surface area contributed by atoms with Crippen molar-refractivity contribution in [3.63, 3.8) is 0 Å². The maximum atomic E-state index is 13.0. The van der Waals surface area contributed by atoms with Gasteiger partial charge in [-0.25, -0.2) is 0 Å². The minimum absolute atomic E-state index is 0.116. The first-order chi connectivity index (χ1) is 13.2. The van der Waals surface area contributed by atoms with Crippen LogP contribution in [0.4, 0.5) is 0 Å². The lowest BCUT2D eigenvalue weighted by atomic mass is 10.1. The molecule has 140 valence electrons. The molecular formula is C18H19N5O3S. The van der Waals surface area contributed by atoms with Crippen LogP contribution in [0.5, 0.6) is 11.5 Å². The van der Waals surface area contributed by atoms with Crippen LogP contribution < -0.4 is 14.8 Å². The van der Waals surface area contributed by atoms with Crippen LogP contribution in [-0.2, 0) is 19.4 Å². The number of tetrazole rings is 1. The zero-order valence-electron chi connectivity index (χ0n) is 15.1. The van der Waals surface area contributed by atoms with E-state index in [-0.39, 0.29) is 5.91 Å². The van der Waals surface area contributed by atoms with E-state index in [1.807, 2.05) is 18.2 Å². The zero-order valence-corrected chi connectivity index (χ0v) is 15.9. The number of methoxy groups -OCH3 is 2. The van der Waals surface area contributed by atoms with Crippen molar-refractivity contribution >= 4 is 17.2 Å². The number of hydrogen-bond acceptors (Lipinski definition) is 7. The molecule has 0 spiro atoms. The predicted octanol–water partition coefficient (Wildman–Crippen LogP) is 2.16. The number of thiophene rings is 1. The highest BCUT2D eigenvalue weighted by Gasteiger charge is 2.27. The van der Waals surface area contributed by atoms with E-state index in [1.54, 1.807) is 30.2 Å². The van der Waals surface area contributed by atoms with E-state index in [4.69, 9.17) is 9.47 Å². The molecule has 0 saturated heterocycles. The van der Waals surface area contributed by atoms with Crippen molar-refractivity contribution in [2.45, 2.75) is 25.8 Å². The third-order valence-electron chi connectivity index (χ3n) is 4.59. The summed E-state index contributed by atoms with van der Waals surface area (Å²) < 4.78 is 12.1. The van der Waals surface area contributed by atoms with Gasteiger partial charge in [-0.05, 0) is 52.9 Å². The summed E-state index contributed by atoms with van der Waals surface area (Å²) in [4.78, 5) is 14.2. The van der Waals surface area contributed by atoms with Crippen LogP contribution in [0.3, 0.4) is 0 Å². The molecule has 0 fully saturated rings.